The van der Waals surface area contributed by atoms with Gasteiger partial charge >= 0.3 is 0 Å². The fourth-order valence-corrected chi connectivity index (χ4v) is 4.01. The van der Waals surface area contributed by atoms with Crippen molar-refractivity contribution in [3.63, 3.8) is 0 Å². The second kappa shape index (κ2) is 7.08. The molecule has 0 spiro atoms. The van der Waals surface area contributed by atoms with Crippen molar-refractivity contribution in [2.45, 2.75) is 31.5 Å². The number of nitrogens with one attached hydrogen (secondary N) is 2. The third-order valence-corrected chi connectivity index (χ3v) is 5.69. The number of carbonyl (C=O) groups excluding carboxylic acids is 2. The number of amides is 1. The average molecular weight is 408 g/mol. The summed E-state index contributed by atoms with van der Waals surface area (Å²) in [6.07, 6.45) is 2.93. The number of nitrogens with zero attached hydrogens (tertiary/aromatic N) is 4. The molecule has 3 heterocycles. The minimum atomic E-state index is -0.980. The predicted octanol–water partition coefficient (Wildman–Crippen LogP) is 2.05. The highest BCUT2D eigenvalue weighted by molar-refractivity contribution is 5.94. The summed E-state index contributed by atoms with van der Waals surface area (Å²) in [7, 11) is 1.78. The van der Waals surface area contributed by atoms with Gasteiger partial charge in [0.15, 0.2) is 17.2 Å². The van der Waals surface area contributed by atoms with Crippen LogP contribution in [0, 0.1) is 0 Å². The van der Waals surface area contributed by atoms with E-state index in [0.29, 0.717) is 30.9 Å². The zero-order valence-corrected chi connectivity index (χ0v) is 16.4. The molecule has 2 atom stereocenters. The maximum absolute atomic E-state index is 13.2. The Hall–Kier alpha value is -3.49. The fourth-order valence-electron chi connectivity index (χ4n) is 4.01. The highest BCUT2D eigenvalue weighted by Crippen LogP contribution is 2.37. The summed E-state index contributed by atoms with van der Waals surface area (Å²) in [5.41, 5.74) is 4.68. The van der Waals surface area contributed by atoms with E-state index in [4.69, 9.17) is 0 Å². The number of hydrogen-bond donors (Lipinski definition) is 2. The van der Waals surface area contributed by atoms with E-state index in [1.54, 1.807) is 7.05 Å². The summed E-state index contributed by atoms with van der Waals surface area (Å²) in [4.78, 5) is 30.0. The maximum Gasteiger partial charge on any atom is 0.271 e. The summed E-state index contributed by atoms with van der Waals surface area (Å²) < 4.78 is 14.7. The second-order valence-electron chi connectivity index (χ2n) is 7.56. The van der Waals surface area contributed by atoms with E-state index in [1.807, 2.05) is 24.3 Å². The van der Waals surface area contributed by atoms with Crippen molar-refractivity contribution in [2.75, 3.05) is 23.8 Å². The van der Waals surface area contributed by atoms with Gasteiger partial charge in [0.25, 0.3) is 5.91 Å². The summed E-state index contributed by atoms with van der Waals surface area (Å²) >= 11 is 0. The first-order valence-corrected chi connectivity index (χ1v) is 9.94. The molecule has 2 N–H and O–H groups in total. The van der Waals surface area contributed by atoms with E-state index in [-0.39, 0.29) is 5.69 Å². The van der Waals surface area contributed by atoms with Gasteiger partial charge in [-0.05, 0) is 23.6 Å². The quantitative estimate of drug-likeness (QED) is 0.607. The Morgan fingerprint density at radius 1 is 1.40 bits per heavy atom. The first-order valence-electron chi connectivity index (χ1n) is 9.94. The molecular weight excluding hydrogens is 387 g/mol. The monoisotopic (exact) mass is 408 g/mol. The molecule has 2 aliphatic rings. The third-order valence-electron chi connectivity index (χ3n) is 5.69. The Labute approximate surface area is 172 Å². The molecule has 154 valence electrons. The number of anilines is 3. The van der Waals surface area contributed by atoms with Crippen molar-refractivity contribution >= 4 is 35.0 Å². The number of alkyl halides is 1. The van der Waals surface area contributed by atoms with E-state index in [9.17, 15) is 14.0 Å². The molecule has 0 unspecified atom stereocenters. The molecule has 1 saturated carbocycles. The van der Waals surface area contributed by atoms with Gasteiger partial charge in [-0.2, -0.15) is 0 Å². The Kier molecular flexibility index (Phi) is 4.38. The van der Waals surface area contributed by atoms with Crippen LogP contribution in [0.3, 0.4) is 0 Å². The van der Waals surface area contributed by atoms with Crippen LogP contribution in [0.4, 0.5) is 21.6 Å². The number of aldehydes is 1. The summed E-state index contributed by atoms with van der Waals surface area (Å²) in [5, 5.41) is 10.5. The number of carbonyl (C=O) groups is 2. The van der Waals surface area contributed by atoms with Gasteiger partial charge in [-0.3, -0.25) is 4.79 Å². The van der Waals surface area contributed by atoms with Gasteiger partial charge in [-0.15, -0.1) is 5.10 Å². The number of aromatic nitrogens is 3. The lowest BCUT2D eigenvalue weighted by atomic mass is 10.0. The van der Waals surface area contributed by atoms with Gasteiger partial charge in [-0.1, -0.05) is 12.1 Å². The largest absolute Gasteiger partial charge is 0.385 e. The average Bonchev–Trinajstić information content (AvgIpc) is 3.13. The molecule has 1 amide bonds. The molecule has 1 fully saturated rings. The molecule has 5 rings (SSSR count). The molecule has 1 aliphatic heterocycles. The van der Waals surface area contributed by atoms with Crippen LogP contribution in [-0.4, -0.2) is 52.6 Å². The van der Waals surface area contributed by atoms with Crippen LogP contribution in [0.2, 0.25) is 0 Å². The molecule has 0 saturated heterocycles. The third kappa shape index (κ3) is 2.97. The van der Waals surface area contributed by atoms with Gasteiger partial charge in [0, 0.05) is 38.2 Å². The van der Waals surface area contributed by atoms with Crippen LogP contribution < -0.4 is 15.5 Å². The maximum atomic E-state index is 13.2. The number of rotatable bonds is 6. The Balaban J connectivity index is 1.56. The molecule has 0 radical (unpaired) electrons. The summed E-state index contributed by atoms with van der Waals surface area (Å²) in [6, 6.07) is 7.38. The molecular formula is C21H21FN6O2. The minimum Gasteiger partial charge on any atom is -0.385 e. The van der Waals surface area contributed by atoms with Crippen molar-refractivity contribution in [1.82, 2.24) is 19.9 Å². The smallest absolute Gasteiger partial charge is 0.271 e. The van der Waals surface area contributed by atoms with Crippen molar-refractivity contribution < 1.29 is 14.0 Å². The molecule has 30 heavy (non-hydrogen) atoms. The summed E-state index contributed by atoms with van der Waals surface area (Å²) in [5.74, 6) is 0.269. The van der Waals surface area contributed by atoms with E-state index in [2.05, 4.69) is 25.6 Å². The van der Waals surface area contributed by atoms with Crippen LogP contribution in [0.25, 0.3) is 5.65 Å². The summed E-state index contributed by atoms with van der Waals surface area (Å²) in [6.45, 7) is 0.717. The van der Waals surface area contributed by atoms with Crippen LogP contribution in [0.5, 0.6) is 0 Å². The number of hydrogen-bond acceptors (Lipinski definition) is 6. The van der Waals surface area contributed by atoms with Gasteiger partial charge in [0.05, 0.1) is 17.9 Å². The Bertz CT molecular complexity index is 1160. The molecule has 3 aromatic rings. The molecule has 1 aliphatic carbocycles. The van der Waals surface area contributed by atoms with Crippen molar-refractivity contribution in [2.24, 2.45) is 0 Å². The van der Waals surface area contributed by atoms with Crippen LogP contribution in [0.15, 0.2) is 30.5 Å². The number of fused-ring (bicyclic) bond motifs is 2. The topological polar surface area (TPSA) is 91.6 Å². The first kappa shape index (κ1) is 18.5. The molecule has 9 heteroatoms. The highest BCUT2D eigenvalue weighted by atomic mass is 19.1. The van der Waals surface area contributed by atoms with Crippen LogP contribution in [-0.2, 0) is 17.6 Å². The van der Waals surface area contributed by atoms with Crippen molar-refractivity contribution in [1.29, 1.82) is 0 Å². The molecule has 2 aromatic heterocycles. The first-order chi connectivity index (χ1) is 14.6. The van der Waals surface area contributed by atoms with Gasteiger partial charge in [0.2, 0.25) is 0 Å². The standard InChI is InChI=1S/C21H21FN6O2/c1-23-16-10-19(27-7-5-13-12(6-8-29)3-2-4-17(13)27)26-28-18(11-24-20(16)28)21(30)25-15-9-14(15)22/h2-4,8,10-11,14-15,23H,5-7,9H2,1H3,(H,25,30)/t14-,15+/m0/s1. The number of benzene rings is 1. The van der Waals surface area contributed by atoms with E-state index >= 15 is 0 Å². The van der Waals surface area contributed by atoms with E-state index < -0.39 is 18.1 Å². The Morgan fingerprint density at radius 3 is 2.97 bits per heavy atom. The SMILES string of the molecule is CNc1cc(N2CCc3c(CC=O)cccc32)nn2c(C(=O)N[C@@H]3C[C@@H]3F)cnc12. The zero-order chi connectivity index (χ0) is 20.8. The lowest BCUT2D eigenvalue weighted by Gasteiger charge is -2.20. The van der Waals surface area contributed by atoms with Crippen molar-refractivity contribution in [3.05, 3.63) is 47.3 Å². The molecule has 8 nitrogen and oxygen atoms in total. The second-order valence-corrected chi connectivity index (χ2v) is 7.56. The van der Waals surface area contributed by atoms with E-state index in [0.717, 1.165) is 35.2 Å². The van der Waals surface area contributed by atoms with Crippen LogP contribution >= 0.6 is 0 Å². The zero-order valence-electron chi connectivity index (χ0n) is 16.4. The Morgan fingerprint density at radius 2 is 2.23 bits per heavy atom. The number of imidazole rings is 1. The predicted molar refractivity (Wildman–Crippen MR) is 110 cm³/mol. The van der Waals surface area contributed by atoms with Crippen LogP contribution in [0.1, 0.15) is 28.0 Å². The fraction of sp³-hybridized carbons (Fsp3) is 0.333. The molecule has 1 aromatic carbocycles. The molecule has 0 bridgehead atoms. The number of halogens is 1. The van der Waals surface area contributed by atoms with E-state index in [1.165, 1.54) is 10.7 Å². The normalized spacial score (nSPS) is 19.6. The van der Waals surface area contributed by atoms with Gasteiger partial charge in [0.1, 0.15) is 12.5 Å². The van der Waals surface area contributed by atoms with Gasteiger partial charge < -0.3 is 20.3 Å². The lowest BCUT2D eigenvalue weighted by molar-refractivity contribution is -0.107. The lowest BCUT2D eigenvalue weighted by Crippen LogP contribution is -2.28. The van der Waals surface area contributed by atoms with Crippen molar-refractivity contribution in [3.8, 4) is 0 Å². The highest BCUT2D eigenvalue weighted by Gasteiger charge is 2.39. The minimum absolute atomic E-state index is 0.261. The van der Waals surface area contributed by atoms with Gasteiger partial charge in [-0.25, -0.2) is 13.9 Å².